The van der Waals surface area contributed by atoms with Crippen LogP contribution >= 0.6 is 0 Å². The molecule has 1 aliphatic carbocycles. The number of nitriles is 1. The average molecular weight is 391 g/mol. The number of methoxy groups -OCH3 is 1. The van der Waals surface area contributed by atoms with E-state index in [2.05, 4.69) is 11.8 Å². The molecule has 0 N–H and O–H groups in total. The van der Waals surface area contributed by atoms with Gasteiger partial charge in [-0.3, -0.25) is 4.79 Å². The maximum absolute atomic E-state index is 12.8. The summed E-state index contributed by atoms with van der Waals surface area (Å²) < 4.78 is 11.0. The van der Waals surface area contributed by atoms with Crippen molar-refractivity contribution in [3.63, 3.8) is 0 Å². The zero-order valence-electron chi connectivity index (χ0n) is 16.8. The van der Waals surface area contributed by atoms with E-state index in [-0.39, 0.29) is 11.5 Å². The predicted molar refractivity (Wildman–Crippen MR) is 111 cm³/mol. The molecule has 2 heterocycles. The molecule has 1 aromatic carbocycles. The number of nitrogens with zero attached hydrogens (tertiary/aromatic N) is 3. The Balaban J connectivity index is 1.38. The Hall–Kier alpha value is -3.20. The molecule has 2 aromatic rings. The van der Waals surface area contributed by atoms with Crippen molar-refractivity contribution < 1.29 is 13.9 Å². The van der Waals surface area contributed by atoms with Gasteiger partial charge in [-0.15, -0.1) is 0 Å². The van der Waals surface area contributed by atoms with E-state index in [0.29, 0.717) is 30.7 Å². The van der Waals surface area contributed by atoms with E-state index >= 15 is 0 Å². The highest BCUT2D eigenvalue weighted by Crippen LogP contribution is 2.47. The molecule has 0 bridgehead atoms. The molecular formula is C23H25N3O3. The zero-order valence-corrected chi connectivity index (χ0v) is 16.8. The zero-order chi connectivity index (χ0) is 20.4. The summed E-state index contributed by atoms with van der Waals surface area (Å²) in [4.78, 5) is 16.8. The van der Waals surface area contributed by atoms with Crippen LogP contribution in [0.2, 0.25) is 0 Å². The SMILES string of the molecule is COc1ccc(N2CCN(C(=O)/C(C#N)=C/c3ccc([C@@H]4C[C@H]4C)o3)CC2)cc1. The van der Waals surface area contributed by atoms with Gasteiger partial charge in [-0.2, -0.15) is 5.26 Å². The van der Waals surface area contributed by atoms with Crippen molar-refractivity contribution in [3.05, 3.63) is 53.5 Å². The minimum Gasteiger partial charge on any atom is -0.497 e. The largest absolute Gasteiger partial charge is 0.497 e. The third kappa shape index (κ3) is 4.14. The molecule has 0 radical (unpaired) electrons. The van der Waals surface area contributed by atoms with Crippen LogP contribution in [0.1, 0.15) is 30.8 Å². The van der Waals surface area contributed by atoms with Crippen LogP contribution in [0.5, 0.6) is 5.75 Å². The molecule has 2 atom stereocenters. The van der Waals surface area contributed by atoms with Crippen molar-refractivity contribution in [1.82, 2.24) is 4.90 Å². The van der Waals surface area contributed by atoms with Crippen LogP contribution in [0.3, 0.4) is 0 Å². The molecule has 29 heavy (non-hydrogen) atoms. The standard InChI is InChI=1S/C23H25N3O3/c1-16-13-21(16)22-8-7-20(29-22)14-17(15-24)23(27)26-11-9-25(10-12-26)18-3-5-19(28-2)6-4-18/h3-8,14,16,21H,9-13H2,1-2H3/b17-14+/t16-,21-/m1/s1. The topological polar surface area (TPSA) is 69.7 Å². The summed E-state index contributed by atoms with van der Waals surface area (Å²) in [5.74, 6) is 3.23. The molecule has 6 nitrogen and oxygen atoms in total. The molecule has 2 aliphatic rings. The lowest BCUT2D eigenvalue weighted by molar-refractivity contribution is -0.126. The number of amides is 1. The first-order valence-corrected chi connectivity index (χ1v) is 9.99. The smallest absolute Gasteiger partial charge is 0.264 e. The highest BCUT2D eigenvalue weighted by Gasteiger charge is 2.36. The van der Waals surface area contributed by atoms with Gasteiger partial charge >= 0.3 is 0 Å². The Labute approximate surface area is 171 Å². The average Bonchev–Trinajstić information content (AvgIpc) is 3.31. The van der Waals surface area contributed by atoms with E-state index in [1.807, 2.05) is 42.5 Å². The summed E-state index contributed by atoms with van der Waals surface area (Å²) in [6.45, 7) is 4.79. The Morgan fingerprint density at radius 1 is 1.17 bits per heavy atom. The Kier molecular flexibility index (Phi) is 5.30. The molecule has 150 valence electrons. The Morgan fingerprint density at radius 3 is 2.45 bits per heavy atom. The third-order valence-corrected chi connectivity index (χ3v) is 5.76. The molecule has 1 saturated heterocycles. The molecule has 1 aromatic heterocycles. The number of hydrogen-bond acceptors (Lipinski definition) is 5. The van der Waals surface area contributed by atoms with E-state index in [1.54, 1.807) is 18.1 Å². The molecule has 0 spiro atoms. The maximum atomic E-state index is 12.8. The van der Waals surface area contributed by atoms with Crippen molar-refractivity contribution in [1.29, 1.82) is 5.26 Å². The second-order valence-electron chi connectivity index (χ2n) is 7.71. The number of benzene rings is 1. The quantitative estimate of drug-likeness (QED) is 0.575. The van der Waals surface area contributed by atoms with Gasteiger partial charge in [-0.25, -0.2) is 0 Å². The van der Waals surface area contributed by atoms with Crippen molar-refractivity contribution in [2.45, 2.75) is 19.3 Å². The number of hydrogen-bond donors (Lipinski definition) is 0. The lowest BCUT2D eigenvalue weighted by Crippen LogP contribution is -2.49. The Bertz CT molecular complexity index is 946. The first-order chi connectivity index (χ1) is 14.1. The van der Waals surface area contributed by atoms with Crippen molar-refractivity contribution in [2.24, 2.45) is 5.92 Å². The van der Waals surface area contributed by atoms with Gasteiger partial charge in [-0.05, 0) is 48.7 Å². The van der Waals surface area contributed by atoms with Crippen LogP contribution in [-0.2, 0) is 4.79 Å². The summed E-state index contributed by atoms with van der Waals surface area (Å²) in [7, 11) is 1.65. The van der Waals surface area contributed by atoms with Gasteiger partial charge in [0.1, 0.15) is 28.9 Å². The Morgan fingerprint density at radius 2 is 1.86 bits per heavy atom. The normalized spacial score (nSPS) is 21.6. The summed E-state index contributed by atoms with van der Waals surface area (Å²) in [5.41, 5.74) is 1.22. The van der Waals surface area contributed by atoms with Gasteiger partial charge < -0.3 is 19.0 Å². The van der Waals surface area contributed by atoms with Crippen LogP contribution in [0.15, 0.2) is 46.4 Å². The lowest BCUT2D eigenvalue weighted by atomic mass is 10.2. The number of piperazine rings is 1. The molecule has 6 heteroatoms. The number of furan rings is 1. The fraction of sp³-hybridized carbons (Fsp3) is 0.391. The minimum atomic E-state index is -0.236. The van der Waals surface area contributed by atoms with Gasteiger partial charge in [0, 0.05) is 43.9 Å². The van der Waals surface area contributed by atoms with E-state index in [4.69, 9.17) is 9.15 Å². The van der Waals surface area contributed by atoms with E-state index < -0.39 is 0 Å². The number of rotatable bonds is 5. The molecule has 1 aliphatic heterocycles. The number of anilines is 1. The molecular weight excluding hydrogens is 366 g/mol. The maximum Gasteiger partial charge on any atom is 0.264 e. The van der Waals surface area contributed by atoms with Crippen LogP contribution in [0.25, 0.3) is 6.08 Å². The molecule has 2 fully saturated rings. The second kappa shape index (κ2) is 8.04. The number of ether oxygens (including phenoxy) is 1. The fourth-order valence-electron chi connectivity index (χ4n) is 3.78. The molecule has 1 amide bonds. The van der Waals surface area contributed by atoms with Crippen LogP contribution in [0.4, 0.5) is 5.69 Å². The van der Waals surface area contributed by atoms with Gasteiger partial charge in [0.15, 0.2) is 0 Å². The van der Waals surface area contributed by atoms with E-state index in [9.17, 15) is 10.1 Å². The number of carbonyl (C=O) groups excluding carboxylic acids is 1. The van der Waals surface area contributed by atoms with E-state index in [1.165, 1.54) is 0 Å². The van der Waals surface area contributed by atoms with Gasteiger partial charge in [0.25, 0.3) is 5.91 Å². The highest BCUT2D eigenvalue weighted by molar-refractivity contribution is 6.01. The highest BCUT2D eigenvalue weighted by atomic mass is 16.5. The molecule has 1 saturated carbocycles. The molecule has 4 rings (SSSR count). The fourth-order valence-corrected chi connectivity index (χ4v) is 3.78. The summed E-state index contributed by atoms with van der Waals surface area (Å²) in [6, 6.07) is 13.7. The minimum absolute atomic E-state index is 0.118. The monoisotopic (exact) mass is 391 g/mol. The summed E-state index contributed by atoms with van der Waals surface area (Å²) >= 11 is 0. The molecule has 0 unspecified atom stereocenters. The summed E-state index contributed by atoms with van der Waals surface area (Å²) in [5, 5.41) is 9.51. The summed E-state index contributed by atoms with van der Waals surface area (Å²) in [6.07, 6.45) is 2.70. The van der Waals surface area contributed by atoms with E-state index in [0.717, 1.165) is 36.7 Å². The van der Waals surface area contributed by atoms with Gasteiger partial charge in [0.2, 0.25) is 0 Å². The van der Waals surface area contributed by atoms with Crippen LogP contribution < -0.4 is 9.64 Å². The van der Waals surface area contributed by atoms with Crippen LogP contribution in [-0.4, -0.2) is 44.1 Å². The van der Waals surface area contributed by atoms with Crippen molar-refractivity contribution in [3.8, 4) is 11.8 Å². The number of carbonyl (C=O) groups is 1. The first kappa shape index (κ1) is 19.1. The first-order valence-electron chi connectivity index (χ1n) is 9.99. The van der Waals surface area contributed by atoms with Gasteiger partial charge in [-0.1, -0.05) is 6.92 Å². The van der Waals surface area contributed by atoms with Crippen LogP contribution in [0, 0.1) is 17.2 Å². The van der Waals surface area contributed by atoms with Crippen molar-refractivity contribution in [2.75, 3.05) is 38.2 Å². The van der Waals surface area contributed by atoms with Gasteiger partial charge in [0.05, 0.1) is 7.11 Å². The third-order valence-electron chi connectivity index (χ3n) is 5.76. The predicted octanol–water partition coefficient (Wildman–Crippen LogP) is 3.67. The lowest BCUT2D eigenvalue weighted by Gasteiger charge is -2.36. The second-order valence-corrected chi connectivity index (χ2v) is 7.71. The van der Waals surface area contributed by atoms with Crippen molar-refractivity contribution >= 4 is 17.7 Å².